The third-order valence-electron chi connectivity index (χ3n) is 3.46. The number of aliphatic hydroxyl groups excluding tert-OH is 1. The van der Waals surface area contributed by atoms with Crippen molar-refractivity contribution >= 4 is 0 Å². The van der Waals surface area contributed by atoms with Gasteiger partial charge < -0.3 is 10.2 Å². The molecule has 0 saturated heterocycles. The molecule has 0 aliphatic heterocycles. The molecule has 1 aliphatic carbocycles. The second-order valence-corrected chi connectivity index (χ2v) is 4.93. The molecule has 0 amide bonds. The summed E-state index contributed by atoms with van der Waals surface area (Å²) in [5.74, 6) is -2.64. The standard InChI is InChI=1S/C10H18F2O2/c1-8(2,7-13)9(14)3-5-10(11,12)6-4-9/h13-14H,3-7H2,1-2H3. The third-order valence-corrected chi connectivity index (χ3v) is 3.46. The molecular weight excluding hydrogens is 190 g/mol. The van der Waals surface area contributed by atoms with Crippen LogP contribution in [0.4, 0.5) is 8.78 Å². The van der Waals surface area contributed by atoms with Crippen LogP contribution in [0.3, 0.4) is 0 Å². The van der Waals surface area contributed by atoms with E-state index in [0.717, 1.165) is 0 Å². The van der Waals surface area contributed by atoms with Gasteiger partial charge in [-0.3, -0.25) is 0 Å². The third kappa shape index (κ3) is 2.06. The molecule has 0 atom stereocenters. The van der Waals surface area contributed by atoms with Crippen molar-refractivity contribution in [1.29, 1.82) is 0 Å². The van der Waals surface area contributed by atoms with Crippen LogP contribution in [0.25, 0.3) is 0 Å². The lowest BCUT2D eigenvalue weighted by atomic mass is 9.67. The van der Waals surface area contributed by atoms with Crippen LogP contribution >= 0.6 is 0 Å². The summed E-state index contributed by atoms with van der Waals surface area (Å²) in [4.78, 5) is 0. The van der Waals surface area contributed by atoms with E-state index in [4.69, 9.17) is 5.11 Å². The normalized spacial score (nSPS) is 26.1. The summed E-state index contributed by atoms with van der Waals surface area (Å²) in [5, 5.41) is 19.2. The van der Waals surface area contributed by atoms with Gasteiger partial charge in [0.15, 0.2) is 0 Å². The quantitative estimate of drug-likeness (QED) is 0.728. The second kappa shape index (κ2) is 3.42. The number of rotatable bonds is 2. The van der Waals surface area contributed by atoms with Crippen LogP contribution in [-0.4, -0.2) is 28.3 Å². The first-order valence-corrected chi connectivity index (χ1v) is 4.94. The molecule has 2 nitrogen and oxygen atoms in total. The summed E-state index contributed by atoms with van der Waals surface area (Å²) in [7, 11) is 0. The van der Waals surface area contributed by atoms with E-state index in [1.807, 2.05) is 0 Å². The first-order chi connectivity index (χ1) is 6.22. The Morgan fingerprint density at radius 1 is 1.14 bits per heavy atom. The van der Waals surface area contributed by atoms with Gasteiger partial charge in [-0.25, -0.2) is 8.78 Å². The largest absolute Gasteiger partial charge is 0.396 e. The highest BCUT2D eigenvalue weighted by Crippen LogP contribution is 2.46. The molecule has 0 spiro atoms. The maximum absolute atomic E-state index is 12.9. The molecule has 4 heteroatoms. The van der Waals surface area contributed by atoms with E-state index >= 15 is 0 Å². The Bertz CT molecular complexity index is 204. The zero-order valence-electron chi connectivity index (χ0n) is 8.69. The van der Waals surface area contributed by atoms with E-state index in [9.17, 15) is 13.9 Å². The highest BCUT2D eigenvalue weighted by atomic mass is 19.3. The van der Waals surface area contributed by atoms with E-state index < -0.39 is 16.9 Å². The van der Waals surface area contributed by atoms with Crippen LogP contribution in [0, 0.1) is 5.41 Å². The fourth-order valence-electron chi connectivity index (χ4n) is 1.85. The highest BCUT2D eigenvalue weighted by Gasteiger charge is 2.49. The van der Waals surface area contributed by atoms with Crippen LogP contribution in [-0.2, 0) is 0 Å². The van der Waals surface area contributed by atoms with Crippen LogP contribution in [0.15, 0.2) is 0 Å². The van der Waals surface area contributed by atoms with Crippen molar-refractivity contribution < 1.29 is 19.0 Å². The van der Waals surface area contributed by atoms with Gasteiger partial charge in [0.1, 0.15) is 0 Å². The highest BCUT2D eigenvalue weighted by molar-refractivity contribution is 4.98. The van der Waals surface area contributed by atoms with E-state index in [1.54, 1.807) is 13.8 Å². The van der Waals surface area contributed by atoms with Gasteiger partial charge in [0.2, 0.25) is 5.92 Å². The van der Waals surface area contributed by atoms with Crippen molar-refractivity contribution in [2.75, 3.05) is 6.61 Å². The molecule has 1 fully saturated rings. The lowest BCUT2D eigenvalue weighted by molar-refractivity contribution is -0.160. The maximum atomic E-state index is 12.9. The number of alkyl halides is 2. The predicted octanol–water partition coefficient (Wildman–Crippen LogP) is 1.95. The predicted molar refractivity (Wildman–Crippen MR) is 49.2 cm³/mol. The van der Waals surface area contributed by atoms with Gasteiger partial charge in [0, 0.05) is 18.3 Å². The second-order valence-electron chi connectivity index (χ2n) is 4.93. The Kier molecular flexibility index (Phi) is 2.89. The van der Waals surface area contributed by atoms with Crippen LogP contribution in [0.1, 0.15) is 39.5 Å². The minimum atomic E-state index is -2.64. The summed E-state index contributed by atoms with van der Waals surface area (Å²) in [6, 6.07) is 0. The number of hydrogen-bond acceptors (Lipinski definition) is 2. The first kappa shape index (κ1) is 11.9. The van der Waals surface area contributed by atoms with Crippen molar-refractivity contribution in [3.63, 3.8) is 0 Å². The van der Waals surface area contributed by atoms with E-state index in [1.165, 1.54) is 0 Å². The monoisotopic (exact) mass is 208 g/mol. The zero-order chi connectivity index (χ0) is 11.0. The molecule has 0 bridgehead atoms. The fraction of sp³-hybridized carbons (Fsp3) is 1.00. The molecule has 14 heavy (non-hydrogen) atoms. The summed E-state index contributed by atoms with van der Waals surface area (Å²) in [6.07, 6.45) is -0.443. The SMILES string of the molecule is CC(C)(CO)C1(O)CCC(F)(F)CC1. The van der Waals surface area contributed by atoms with Gasteiger partial charge in [0.05, 0.1) is 12.2 Å². The van der Waals surface area contributed by atoms with E-state index in [2.05, 4.69) is 0 Å². The van der Waals surface area contributed by atoms with Crippen molar-refractivity contribution in [2.24, 2.45) is 5.41 Å². The molecule has 0 heterocycles. The van der Waals surface area contributed by atoms with Gasteiger partial charge in [-0.05, 0) is 12.8 Å². The number of halogens is 2. The van der Waals surface area contributed by atoms with Gasteiger partial charge in [-0.15, -0.1) is 0 Å². The first-order valence-electron chi connectivity index (χ1n) is 4.94. The van der Waals surface area contributed by atoms with Crippen molar-refractivity contribution in [1.82, 2.24) is 0 Å². The summed E-state index contributed by atoms with van der Waals surface area (Å²) in [6.45, 7) is 3.22. The molecule has 1 rings (SSSR count). The molecule has 0 unspecified atom stereocenters. The van der Waals surface area contributed by atoms with Crippen LogP contribution < -0.4 is 0 Å². The molecule has 84 valence electrons. The Balaban J connectivity index is 2.71. The average molecular weight is 208 g/mol. The molecule has 1 aliphatic rings. The lowest BCUT2D eigenvalue weighted by Gasteiger charge is -2.45. The van der Waals surface area contributed by atoms with Crippen LogP contribution in [0.2, 0.25) is 0 Å². The molecule has 0 aromatic carbocycles. The lowest BCUT2D eigenvalue weighted by Crippen LogP contribution is -2.51. The summed E-state index contributed by atoms with van der Waals surface area (Å²) in [5.41, 5.74) is -1.85. The Morgan fingerprint density at radius 2 is 1.57 bits per heavy atom. The zero-order valence-corrected chi connectivity index (χ0v) is 8.69. The van der Waals surface area contributed by atoms with E-state index in [-0.39, 0.29) is 32.3 Å². The molecular formula is C10H18F2O2. The average Bonchev–Trinajstić information content (AvgIpc) is 2.10. The molecule has 0 radical (unpaired) electrons. The van der Waals surface area contributed by atoms with Crippen molar-refractivity contribution in [3.8, 4) is 0 Å². The summed E-state index contributed by atoms with van der Waals surface area (Å²) < 4.78 is 25.7. The summed E-state index contributed by atoms with van der Waals surface area (Å²) >= 11 is 0. The van der Waals surface area contributed by atoms with E-state index in [0.29, 0.717) is 0 Å². The minimum Gasteiger partial charge on any atom is -0.396 e. The topological polar surface area (TPSA) is 40.5 Å². The van der Waals surface area contributed by atoms with Crippen molar-refractivity contribution in [2.45, 2.75) is 51.1 Å². The Hall–Kier alpha value is -0.220. The smallest absolute Gasteiger partial charge is 0.248 e. The molecule has 0 aromatic rings. The molecule has 1 saturated carbocycles. The molecule has 0 aromatic heterocycles. The fourth-order valence-corrected chi connectivity index (χ4v) is 1.85. The maximum Gasteiger partial charge on any atom is 0.248 e. The van der Waals surface area contributed by atoms with Gasteiger partial charge in [0.25, 0.3) is 0 Å². The number of aliphatic hydroxyl groups is 2. The molecule has 2 N–H and O–H groups in total. The number of hydrogen-bond donors (Lipinski definition) is 2. The van der Waals surface area contributed by atoms with Crippen molar-refractivity contribution in [3.05, 3.63) is 0 Å². The van der Waals surface area contributed by atoms with Gasteiger partial charge >= 0.3 is 0 Å². The van der Waals surface area contributed by atoms with Crippen LogP contribution in [0.5, 0.6) is 0 Å². The Labute approximate surface area is 82.9 Å². The van der Waals surface area contributed by atoms with Gasteiger partial charge in [-0.2, -0.15) is 0 Å². The van der Waals surface area contributed by atoms with Gasteiger partial charge in [-0.1, -0.05) is 13.8 Å². The minimum absolute atomic E-state index is 0.0631. The Morgan fingerprint density at radius 3 is 1.93 bits per heavy atom.